The van der Waals surface area contributed by atoms with Gasteiger partial charge in [0.05, 0.1) is 55.6 Å². The summed E-state index contributed by atoms with van der Waals surface area (Å²) >= 11 is 5.30. The van der Waals surface area contributed by atoms with Crippen molar-refractivity contribution >= 4 is 150 Å². The lowest BCUT2D eigenvalue weighted by Gasteiger charge is -2.36. The van der Waals surface area contributed by atoms with Crippen LogP contribution in [0.2, 0.25) is 0 Å². The Balaban J connectivity index is 0.504. The highest BCUT2D eigenvalue weighted by molar-refractivity contribution is 7.18. The van der Waals surface area contributed by atoms with Crippen molar-refractivity contribution in [2.24, 2.45) is 0 Å². The van der Waals surface area contributed by atoms with Gasteiger partial charge in [0.25, 0.3) is 16.7 Å². The van der Waals surface area contributed by atoms with Crippen molar-refractivity contribution in [1.29, 1.82) is 0 Å². The summed E-state index contributed by atoms with van der Waals surface area (Å²) < 4.78 is 43.6. The molecule has 0 aliphatic carbocycles. The lowest BCUT2D eigenvalue weighted by atomic mass is 10.2. The molecular weight excluding hydrogens is 1660 g/mol. The number of anilines is 3. The van der Waals surface area contributed by atoms with Crippen LogP contribution in [0.5, 0.6) is 17.2 Å². The van der Waals surface area contributed by atoms with Crippen LogP contribution in [0.25, 0.3) is 63.0 Å². The molecule has 16 rings (SSSR count). The molecular formula is C96H108N12O15S3. The molecule has 0 unspecified atom stereocenters. The average molecular weight is 1770 g/mol. The van der Waals surface area contributed by atoms with Gasteiger partial charge >= 0.3 is 17.9 Å². The number of carbonyl (C=O) groups excluding carboxylic acids is 6. The van der Waals surface area contributed by atoms with Gasteiger partial charge < -0.3 is 57.8 Å². The third-order valence-corrected chi connectivity index (χ3v) is 27.2. The van der Waals surface area contributed by atoms with Crippen LogP contribution in [0, 0.1) is 0 Å². The molecule has 0 spiro atoms. The van der Waals surface area contributed by atoms with Crippen molar-refractivity contribution in [2.45, 2.75) is 97.2 Å². The molecule has 0 N–H and O–H groups in total. The van der Waals surface area contributed by atoms with Crippen molar-refractivity contribution in [3.05, 3.63) is 211 Å². The number of fused-ring (bicyclic) bond motifs is 6. The van der Waals surface area contributed by atoms with E-state index in [0.29, 0.717) is 53.6 Å². The molecule has 6 aromatic heterocycles. The molecule has 4 aliphatic rings. The Bertz CT molecular complexity index is 5430. The molecule has 27 nitrogen and oxygen atoms in total. The Hall–Kier alpha value is -11.7. The van der Waals surface area contributed by atoms with E-state index in [1.807, 2.05) is 36.4 Å². The molecule has 0 atom stereocenters. The number of benzene rings is 6. The zero-order valence-electron chi connectivity index (χ0n) is 71.1. The fourth-order valence-corrected chi connectivity index (χ4v) is 19.7. The average Bonchev–Trinajstić information content (AvgIpc) is 1.50. The number of amides is 3. The quantitative estimate of drug-likeness (QED) is 0.0201. The van der Waals surface area contributed by atoms with E-state index in [9.17, 15) is 43.2 Å². The predicted molar refractivity (Wildman–Crippen MR) is 496 cm³/mol. The van der Waals surface area contributed by atoms with Gasteiger partial charge in [-0.3, -0.25) is 71.6 Å². The summed E-state index contributed by atoms with van der Waals surface area (Å²) in [6.07, 6.45) is 3.33. The van der Waals surface area contributed by atoms with E-state index in [2.05, 4.69) is 118 Å². The summed E-state index contributed by atoms with van der Waals surface area (Å²) in [5.41, 5.74) is 4.18. The molecule has 12 aromatic rings. The van der Waals surface area contributed by atoms with Crippen molar-refractivity contribution in [3.63, 3.8) is 0 Å². The molecule has 30 heteroatoms. The maximum absolute atomic E-state index is 14.3. The topological polar surface area (TPSA) is 253 Å². The van der Waals surface area contributed by atoms with Crippen molar-refractivity contribution in [3.8, 4) is 17.2 Å². The first-order valence-corrected chi connectivity index (χ1v) is 46.7. The zero-order valence-corrected chi connectivity index (χ0v) is 73.6. The number of hydrogen-bond donors (Lipinski definition) is 0. The van der Waals surface area contributed by atoms with Crippen molar-refractivity contribution in [1.82, 2.24) is 43.1 Å². The second-order valence-corrected chi connectivity index (χ2v) is 35.4. The van der Waals surface area contributed by atoms with Crippen LogP contribution in [-0.4, -0.2) is 236 Å². The van der Waals surface area contributed by atoms with Crippen LogP contribution in [0.15, 0.2) is 194 Å². The number of rotatable bonds is 36. The molecule has 6 aromatic carbocycles. The summed E-state index contributed by atoms with van der Waals surface area (Å²) in [5, 5.41) is 12.6. The number of aromatic nitrogens is 3. The lowest BCUT2D eigenvalue weighted by molar-refractivity contribution is -0.150. The van der Waals surface area contributed by atoms with E-state index in [1.165, 1.54) is 93.9 Å². The monoisotopic (exact) mass is 1760 g/mol. The Labute approximate surface area is 742 Å². The van der Waals surface area contributed by atoms with E-state index in [1.54, 1.807) is 70.4 Å². The SMILES string of the molecule is O=C(CCC(=O)N1CCN(C(=O)CCC(=O)OCn2c(=O)ccc3ccc(OCCCCN4CCN(c5cccc6sccc56)CC4)cc32)CCN(C(=O)CCC(=O)OCn2c(=O)ccc3ccc(OCCCCN4CCN(c5cccc6sccc56)CC4)cc32)CC1)OCn1c(=O)ccc2ccc(OCCCCN3CCN(c4cccc5sccc45)CC3)cc21. The highest BCUT2D eigenvalue weighted by Gasteiger charge is 2.29. The van der Waals surface area contributed by atoms with E-state index >= 15 is 0 Å². The van der Waals surface area contributed by atoms with E-state index < -0.39 is 72.5 Å². The molecule has 0 bridgehead atoms. The normalized spacial score (nSPS) is 15.3. The minimum Gasteiger partial charge on any atom is -0.494 e. The molecule has 3 amide bonds. The van der Waals surface area contributed by atoms with Crippen LogP contribution in [0.4, 0.5) is 17.1 Å². The number of pyridine rings is 3. The number of piperazine rings is 3. The summed E-state index contributed by atoms with van der Waals surface area (Å²) in [4.78, 5) is 143. The van der Waals surface area contributed by atoms with Gasteiger partial charge in [-0.15, -0.1) is 34.0 Å². The number of carbonyl (C=O) groups is 6. The van der Waals surface area contributed by atoms with Crippen LogP contribution >= 0.6 is 34.0 Å². The highest BCUT2D eigenvalue weighted by atomic mass is 32.1. The molecule has 10 heterocycles. The number of unbranched alkanes of at least 4 members (excludes halogenated alkanes) is 3. The number of thiophene rings is 3. The second-order valence-electron chi connectivity index (χ2n) is 32.5. The molecule has 0 saturated carbocycles. The van der Waals surface area contributed by atoms with Crippen LogP contribution < -0.4 is 45.6 Å². The predicted octanol–water partition coefficient (Wildman–Crippen LogP) is 13.0. The van der Waals surface area contributed by atoms with Gasteiger partial charge in [-0.25, -0.2) is 0 Å². The first kappa shape index (κ1) is 87.8. The van der Waals surface area contributed by atoms with E-state index in [-0.39, 0.29) is 77.8 Å². The fraction of sp³-hybridized carbons (Fsp3) is 0.406. The molecule has 4 saturated heterocycles. The summed E-state index contributed by atoms with van der Waals surface area (Å²) in [5.74, 6) is -1.96. The van der Waals surface area contributed by atoms with E-state index in [4.69, 9.17) is 28.4 Å². The van der Waals surface area contributed by atoms with Gasteiger partial charge in [0, 0.05) is 221 Å². The summed E-state index contributed by atoms with van der Waals surface area (Å²) in [6, 6.07) is 51.8. The van der Waals surface area contributed by atoms with Crippen molar-refractivity contribution < 1.29 is 57.2 Å². The smallest absolute Gasteiger partial charge is 0.308 e. The molecule has 660 valence electrons. The molecule has 4 fully saturated rings. The van der Waals surface area contributed by atoms with Gasteiger partial charge in [-0.1, -0.05) is 18.2 Å². The molecule has 0 radical (unpaired) electrons. The first-order chi connectivity index (χ1) is 61.6. The maximum Gasteiger partial charge on any atom is 0.308 e. The second kappa shape index (κ2) is 42.5. The number of nitrogens with zero attached hydrogens (tertiary/aromatic N) is 12. The third kappa shape index (κ3) is 22.4. The Kier molecular flexibility index (Phi) is 29.6. The standard InChI is InChI=1S/C96H108N12O15S3/c109-88(28-31-94(115)121-67-106-82-64-73(22-16-70(82)19-25-91(106)112)118-58-4-1-37-97-40-46-100(47-41-97)79-10-7-13-85-76(79)34-61-124-85)103-52-54-104(89(110)29-32-95(116)122-68-107-83-65-74(23-17-71(83)20-26-92(107)113)119-59-5-2-38-98-42-48-101(49-43-98)80-11-8-14-86-77(80)35-62-125-86)56-57-105(55-53-103)90(111)30-33-96(117)123-69-108-84-66-75(24-18-72(84)21-27-93(108)114)120-60-6-3-39-99-44-50-102(51-45-99)81-12-9-15-87-78(81)36-63-126-87/h7-27,34-36,61-66H,1-6,28-33,37-60,67-69H2. The van der Waals surface area contributed by atoms with Gasteiger partial charge in [-0.2, -0.15) is 0 Å². The number of esters is 3. The maximum atomic E-state index is 14.3. The number of hydrogen-bond acceptors (Lipinski definition) is 24. The zero-order chi connectivity index (χ0) is 86.7. The van der Waals surface area contributed by atoms with Crippen LogP contribution in [0.1, 0.15) is 77.0 Å². The van der Waals surface area contributed by atoms with Gasteiger partial charge in [0.1, 0.15) is 17.2 Å². The van der Waals surface area contributed by atoms with Gasteiger partial charge in [-0.05, 0) is 200 Å². The minimum atomic E-state index is -0.742. The molecule has 126 heavy (non-hydrogen) atoms. The van der Waals surface area contributed by atoms with Crippen LogP contribution in [-0.2, 0) is 63.2 Å². The summed E-state index contributed by atoms with van der Waals surface area (Å²) in [6.45, 7) is 14.7. The first-order valence-electron chi connectivity index (χ1n) is 44.1. The largest absolute Gasteiger partial charge is 0.494 e. The van der Waals surface area contributed by atoms with Gasteiger partial charge in [0.15, 0.2) is 20.2 Å². The minimum absolute atomic E-state index is 0.00379. The Morgan fingerprint density at radius 2 is 0.571 bits per heavy atom. The van der Waals surface area contributed by atoms with E-state index in [0.717, 1.165) is 153 Å². The van der Waals surface area contributed by atoms with Crippen LogP contribution in [0.3, 0.4) is 0 Å². The lowest BCUT2D eigenvalue weighted by Crippen LogP contribution is -2.46. The third-order valence-electron chi connectivity index (χ3n) is 24.5. The highest BCUT2D eigenvalue weighted by Crippen LogP contribution is 2.35. The Morgan fingerprint density at radius 1 is 0.294 bits per heavy atom. The molecule has 4 aliphatic heterocycles. The van der Waals surface area contributed by atoms with Gasteiger partial charge in [0.2, 0.25) is 17.7 Å². The fourth-order valence-electron chi connectivity index (χ4n) is 17.3. The van der Waals surface area contributed by atoms with Crippen molar-refractivity contribution in [2.75, 3.05) is 172 Å². The number of ether oxygens (including phenoxy) is 6. The Morgan fingerprint density at radius 3 is 0.857 bits per heavy atom. The summed E-state index contributed by atoms with van der Waals surface area (Å²) in [7, 11) is 0.